The second-order valence-corrected chi connectivity index (χ2v) is 2.07. The molecule has 0 bridgehead atoms. The lowest BCUT2D eigenvalue weighted by Gasteiger charge is -1.92. The van der Waals surface area contributed by atoms with E-state index in [0.29, 0.717) is 6.61 Å². The van der Waals surface area contributed by atoms with Gasteiger partial charge in [0.05, 0.1) is 0 Å². The van der Waals surface area contributed by atoms with Crippen LogP contribution in [0.5, 0.6) is 0 Å². The third-order valence-corrected chi connectivity index (χ3v) is 1.00. The fraction of sp³-hybridized carbons (Fsp3) is 0.444. The quantitative estimate of drug-likeness (QED) is 0.457. The first-order chi connectivity index (χ1) is 5.27. The van der Waals surface area contributed by atoms with E-state index < -0.39 is 0 Å². The van der Waals surface area contributed by atoms with Crippen molar-refractivity contribution in [2.24, 2.45) is 0 Å². The third-order valence-electron chi connectivity index (χ3n) is 1.00. The van der Waals surface area contributed by atoms with Crippen LogP contribution in [-0.4, -0.2) is 12.6 Å². The Kier molecular flexibility index (Phi) is 6.39. The molecule has 62 valence electrons. The first kappa shape index (κ1) is 9.95. The lowest BCUT2D eigenvalue weighted by molar-refractivity contribution is -0.139. The second kappa shape index (κ2) is 7.06. The molecule has 0 aromatic carbocycles. The van der Waals surface area contributed by atoms with Gasteiger partial charge in [-0.2, -0.15) is 0 Å². The summed E-state index contributed by atoms with van der Waals surface area (Å²) in [6, 6.07) is 0. The third kappa shape index (κ3) is 8.95. The van der Waals surface area contributed by atoms with Crippen LogP contribution in [0.1, 0.15) is 20.3 Å². The molecule has 0 aliphatic carbocycles. The minimum absolute atomic E-state index is 0.242. The van der Waals surface area contributed by atoms with Gasteiger partial charge >= 0.3 is 5.97 Å². The molecule has 0 aromatic rings. The zero-order valence-corrected chi connectivity index (χ0v) is 7.04. The van der Waals surface area contributed by atoms with Crippen LogP contribution in [0.2, 0.25) is 0 Å². The van der Waals surface area contributed by atoms with Gasteiger partial charge in [-0.05, 0) is 12.5 Å². The molecular formula is C9H14O2. The van der Waals surface area contributed by atoms with Gasteiger partial charge in [-0.25, -0.2) is 0 Å². The molecule has 0 rings (SSSR count). The smallest absolute Gasteiger partial charge is 0.302 e. The normalized spacial score (nSPS) is 11.1. The molecule has 0 aliphatic rings. The number of hydrogen-bond acceptors (Lipinski definition) is 2. The number of hydrogen-bond donors (Lipinski definition) is 0. The van der Waals surface area contributed by atoms with Crippen LogP contribution in [0.3, 0.4) is 0 Å². The molecule has 0 unspecified atom stereocenters. The van der Waals surface area contributed by atoms with Gasteiger partial charge in [0, 0.05) is 6.92 Å². The van der Waals surface area contributed by atoms with Crippen molar-refractivity contribution >= 4 is 5.97 Å². The van der Waals surface area contributed by atoms with Crippen molar-refractivity contribution in [3.05, 3.63) is 24.3 Å². The van der Waals surface area contributed by atoms with Crippen molar-refractivity contribution in [2.45, 2.75) is 20.3 Å². The van der Waals surface area contributed by atoms with Gasteiger partial charge in [0.2, 0.25) is 0 Å². The van der Waals surface area contributed by atoms with E-state index in [9.17, 15) is 4.79 Å². The Morgan fingerprint density at radius 2 is 2.00 bits per heavy atom. The number of ether oxygens (including phenoxy) is 1. The molecule has 0 spiro atoms. The number of carbonyl (C=O) groups is 1. The van der Waals surface area contributed by atoms with Gasteiger partial charge in [0.15, 0.2) is 0 Å². The summed E-state index contributed by atoms with van der Waals surface area (Å²) in [4.78, 5) is 10.3. The van der Waals surface area contributed by atoms with Gasteiger partial charge < -0.3 is 4.74 Å². The Hall–Kier alpha value is -1.05. The summed E-state index contributed by atoms with van der Waals surface area (Å²) in [5, 5.41) is 0. The minimum atomic E-state index is -0.242. The van der Waals surface area contributed by atoms with Gasteiger partial charge in [-0.15, -0.1) is 0 Å². The van der Waals surface area contributed by atoms with Crippen LogP contribution >= 0.6 is 0 Å². The molecule has 0 aliphatic heterocycles. The van der Waals surface area contributed by atoms with Crippen LogP contribution in [0.25, 0.3) is 0 Å². The van der Waals surface area contributed by atoms with E-state index >= 15 is 0 Å². The van der Waals surface area contributed by atoms with E-state index in [2.05, 4.69) is 11.7 Å². The Balaban J connectivity index is 3.30. The summed E-state index contributed by atoms with van der Waals surface area (Å²) in [5.41, 5.74) is 0. The molecule has 2 nitrogen and oxygen atoms in total. The Bertz CT molecular complexity index is 157. The van der Waals surface area contributed by atoms with Gasteiger partial charge in [0.1, 0.15) is 6.61 Å². The lowest BCUT2D eigenvalue weighted by atomic mass is 10.4. The molecule has 0 saturated carbocycles. The van der Waals surface area contributed by atoms with Crippen molar-refractivity contribution in [2.75, 3.05) is 6.61 Å². The molecular weight excluding hydrogens is 140 g/mol. The monoisotopic (exact) mass is 154 g/mol. The molecule has 0 heterocycles. The Labute approximate surface area is 67.6 Å². The molecule has 0 atom stereocenters. The van der Waals surface area contributed by atoms with Gasteiger partial charge in [-0.1, -0.05) is 25.2 Å². The standard InChI is InChI=1S/C9H14O2/c1-3-4-5-6-7-8-11-9(2)10/h4-7H,3,8H2,1-2H3/b5-4+,7-6+. The van der Waals surface area contributed by atoms with Crippen molar-refractivity contribution in [1.29, 1.82) is 0 Å². The molecule has 2 heteroatoms. The van der Waals surface area contributed by atoms with Crippen molar-refractivity contribution in [1.82, 2.24) is 0 Å². The zero-order valence-electron chi connectivity index (χ0n) is 7.04. The van der Waals surface area contributed by atoms with Crippen LogP contribution in [-0.2, 0) is 9.53 Å². The molecule has 0 aromatic heterocycles. The average molecular weight is 154 g/mol. The second-order valence-electron chi connectivity index (χ2n) is 2.07. The number of carbonyl (C=O) groups excluding carboxylic acids is 1. The van der Waals surface area contributed by atoms with E-state index in [1.807, 2.05) is 18.2 Å². The van der Waals surface area contributed by atoms with E-state index in [1.165, 1.54) is 6.92 Å². The van der Waals surface area contributed by atoms with Crippen LogP contribution in [0, 0.1) is 0 Å². The van der Waals surface area contributed by atoms with Crippen molar-refractivity contribution in [3.63, 3.8) is 0 Å². The summed E-state index contributed by atoms with van der Waals surface area (Å²) in [6.45, 7) is 3.83. The van der Waals surface area contributed by atoms with E-state index in [-0.39, 0.29) is 5.97 Å². The van der Waals surface area contributed by atoms with Gasteiger partial charge in [0.25, 0.3) is 0 Å². The molecule has 0 fully saturated rings. The predicted octanol–water partition coefficient (Wildman–Crippen LogP) is 2.07. The first-order valence-electron chi connectivity index (χ1n) is 3.72. The van der Waals surface area contributed by atoms with Crippen molar-refractivity contribution in [3.8, 4) is 0 Å². The Morgan fingerprint density at radius 1 is 1.36 bits per heavy atom. The summed E-state index contributed by atoms with van der Waals surface area (Å²) >= 11 is 0. The highest BCUT2D eigenvalue weighted by Gasteiger charge is 1.84. The fourth-order valence-corrected chi connectivity index (χ4v) is 0.514. The molecule has 11 heavy (non-hydrogen) atoms. The number of rotatable bonds is 4. The molecule has 0 N–H and O–H groups in total. The molecule has 0 amide bonds. The predicted molar refractivity (Wildman–Crippen MR) is 45.2 cm³/mol. The SMILES string of the molecule is CC/C=C/C=C/COC(C)=O. The lowest BCUT2D eigenvalue weighted by Crippen LogP contribution is -1.96. The average Bonchev–Trinajstić information content (AvgIpc) is 1.96. The number of allylic oxidation sites excluding steroid dienone is 3. The maximum absolute atomic E-state index is 10.3. The van der Waals surface area contributed by atoms with Crippen LogP contribution in [0.15, 0.2) is 24.3 Å². The van der Waals surface area contributed by atoms with E-state index in [4.69, 9.17) is 0 Å². The zero-order chi connectivity index (χ0) is 8.53. The molecule has 0 radical (unpaired) electrons. The maximum Gasteiger partial charge on any atom is 0.302 e. The largest absolute Gasteiger partial charge is 0.462 e. The maximum atomic E-state index is 10.3. The highest BCUT2D eigenvalue weighted by atomic mass is 16.5. The summed E-state index contributed by atoms with van der Waals surface area (Å²) in [7, 11) is 0. The molecule has 0 saturated heterocycles. The fourth-order valence-electron chi connectivity index (χ4n) is 0.514. The minimum Gasteiger partial charge on any atom is -0.462 e. The first-order valence-corrected chi connectivity index (χ1v) is 3.72. The summed E-state index contributed by atoms with van der Waals surface area (Å²) in [5.74, 6) is -0.242. The highest BCUT2D eigenvalue weighted by molar-refractivity contribution is 5.65. The van der Waals surface area contributed by atoms with E-state index in [1.54, 1.807) is 6.08 Å². The van der Waals surface area contributed by atoms with Gasteiger partial charge in [-0.3, -0.25) is 4.79 Å². The summed E-state index contributed by atoms with van der Waals surface area (Å²) < 4.78 is 4.66. The summed E-state index contributed by atoms with van der Waals surface area (Å²) in [6.07, 6.45) is 8.66. The topological polar surface area (TPSA) is 26.3 Å². The highest BCUT2D eigenvalue weighted by Crippen LogP contribution is 1.83. The van der Waals surface area contributed by atoms with E-state index in [0.717, 1.165) is 6.42 Å². The van der Waals surface area contributed by atoms with Crippen molar-refractivity contribution < 1.29 is 9.53 Å². The number of esters is 1. The Morgan fingerprint density at radius 3 is 2.55 bits per heavy atom. The van der Waals surface area contributed by atoms with Crippen LogP contribution in [0.4, 0.5) is 0 Å². The van der Waals surface area contributed by atoms with Crippen LogP contribution < -0.4 is 0 Å².